The van der Waals surface area contributed by atoms with E-state index in [1.807, 2.05) is 19.1 Å². The second-order valence-electron chi connectivity index (χ2n) is 8.87. The molecule has 1 fully saturated rings. The lowest BCUT2D eigenvalue weighted by molar-refractivity contribution is -0.132. The van der Waals surface area contributed by atoms with Gasteiger partial charge in [-0.25, -0.2) is 9.37 Å². The van der Waals surface area contributed by atoms with Crippen LogP contribution in [0.4, 0.5) is 10.3 Å². The van der Waals surface area contributed by atoms with E-state index in [1.54, 1.807) is 13.0 Å². The van der Waals surface area contributed by atoms with Crippen molar-refractivity contribution in [3.8, 4) is 11.5 Å². The smallest absolute Gasteiger partial charge is 0.302 e. The second kappa shape index (κ2) is 9.09. The number of ether oxygens (including phenoxy) is 1. The molecule has 37 heavy (non-hydrogen) atoms. The molecule has 0 radical (unpaired) electrons. The minimum Gasteiger partial charge on any atom is -0.507 e. The van der Waals surface area contributed by atoms with Crippen molar-refractivity contribution in [3.63, 3.8) is 0 Å². The molecule has 0 bridgehead atoms. The number of benzene rings is 3. The molecular formula is C28H24FN3O5. The Morgan fingerprint density at radius 3 is 2.62 bits per heavy atom. The second-order valence-corrected chi connectivity index (χ2v) is 8.87. The first kappa shape index (κ1) is 24.1. The highest BCUT2D eigenvalue weighted by atomic mass is 19.1. The SMILES string of the molecule is CCOc1cc(C2/C(=C(\O)c3ccc(F)c(C)c3)C(=O)C(=O)N2c2nc3ccc(C)cc3[nH]2)ccc1O. The monoisotopic (exact) mass is 501 g/mol. The number of H-pyrrole nitrogens is 1. The van der Waals surface area contributed by atoms with E-state index in [-0.39, 0.29) is 40.8 Å². The maximum Gasteiger partial charge on any atom is 0.302 e. The van der Waals surface area contributed by atoms with Gasteiger partial charge in [0.15, 0.2) is 11.5 Å². The van der Waals surface area contributed by atoms with Crippen LogP contribution in [0.3, 0.4) is 0 Å². The number of rotatable bonds is 5. The van der Waals surface area contributed by atoms with Crippen molar-refractivity contribution in [1.82, 2.24) is 9.97 Å². The Kier molecular flexibility index (Phi) is 5.91. The molecule has 0 saturated carbocycles. The Balaban J connectivity index is 1.75. The van der Waals surface area contributed by atoms with Crippen LogP contribution in [0.25, 0.3) is 16.8 Å². The van der Waals surface area contributed by atoms with E-state index in [9.17, 15) is 24.2 Å². The van der Waals surface area contributed by atoms with E-state index in [1.165, 1.54) is 48.2 Å². The van der Waals surface area contributed by atoms with Crippen molar-refractivity contribution in [1.29, 1.82) is 0 Å². The van der Waals surface area contributed by atoms with Gasteiger partial charge in [-0.1, -0.05) is 12.1 Å². The maximum atomic E-state index is 13.9. The highest BCUT2D eigenvalue weighted by Crippen LogP contribution is 2.43. The molecule has 9 heteroatoms. The molecule has 0 aliphatic carbocycles. The fourth-order valence-corrected chi connectivity index (χ4v) is 4.51. The first-order chi connectivity index (χ1) is 17.7. The Labute approximate surface area is 211 Å². The van der Waals surface area contributed by atoms with E-state index < -0.39 is 29.3 Å². The number of imidazole rings is 1. The molecular weight excluding hydrogens is 477 g/mol. The number of phenols is 1. The zero-order valence-corrected chi connectivity index (χ0v) is 20.4. The number of ketones is 1. The maximum absolute atomic E-state index is 13.9. The Morgan fingerprint density at radius 1 is 1.11 bits per heavy atom. The molecule has 188 valence electrons. The Morgan fingerprint density at radius 2 is 1.89 bits per heavy atom. The van der Waals surface area contributed by atoms with Crippen molar-refractivity contribution < 1.29 is 28.9 Å². The van der Waals surface area contributed by atoms with Gasteiger partial charge >= 0.3 is 5.91 Å². The number of aromatic nitrogens is 2. The van der Waals surface area contributed by atoms with Gasteiger partial charge in [0.2, 0.25) is 5.95 Å². The molecule has 1 amide bonds. The van der Waals surface area contributed by atoms with Gasteiger partial charge < -0.3 is 19.9 Å². The molecule has 2 heterocycles. The van der Waals surface area contributed by atoms with Gasteiger partial charge in [-0.3, -0.25) is 14.5 Å². The molecule has 1 aliphatic rings. The lowest BCUT2D eigenvalue weighted by Crippen LogP contribution is -2.30. The zero-order chi connectivity index (χ0) is 26.4. The van der Waals surface area contributed by atoms with Gasteiger partial charge in [-0.2, -0.15) is 0 Å². The highest BCUT2D eigenvalue weighted by molar-refractivity contribution is 6.51. The number of phenolic OH excluding ortho intramolecular Hbond substituents is 1. The number of nitrogens with one attached hydrogen (secondary N) is 1. The summed E-state index contributed by atoms with van der Waals surface area (Å²) in [5.74, 6) is -2.58. The molecule has 1 atom stereocenters. The number of halogens is 1. The van der Waals surface area contributed by atoms with Gasteiger partial charge in [-0.05, 0) is 79.9 Å². The van der Waals surface area contributed by atoms with Gasteiger partial charge in [0.25, 0.3) is 5.78 Å². The highest BCUT2D eigenvalue weighted by Gasteiger charge is 2.48. The van der Waals surface area contributed by atoms with Crippen LogP contribution in [0.5, 0.6) is 11.5 Å². The van der Waals surface area contributed by atoms with Crippen LogP contribution >= 0.6 is 0 Å². The fraction of sp³-hybridized carbons (Fsp3) is 0.179. The van der Waals surface area contributed by atoms with Crippen LogP contribution in [-0.2, 0) is 9.59 Å². The van der Waals surface area contributed by atoms with Gasteiger partial charge in [-0.15, -0.1) is 0 Å². The molecule has 1 aromatic heterocycles. The summed E-state index contributed by atoms with van der Waals surface area (Å²) in [5, 5.41) is 21.5. The number of carbonyl (C=O) groups is 2. The van der Waals surface area contributed by atoms with E-state index >= 15 is 0 Å². The lowest BCUT2D eigenvalue weighted by Gasteiger charge is -2.23. The average molecular weight is 502 g/mol. The summed E-state index contributed by atoms with van der Waals surface area (Å²) in [5.41, 5.74) is 2.91. The predicted octanol–water partition coefficient (Wildman–Crippen LogP) is 5.05. The van der Waals surface area contributed by atoms with Crippen LogP contribution in [0.2, 0.25) is 0 Å². The van der Waals surface area contributed by atoms with Crippen LogP contribution in [0.1, 0.15) is 35.2 Å². The first-order valence-corrected chi connectivity index (χ1v) is 11.7. The summed E-state index contributed by atoms with van der Waals surface area (Å²) < 4.78 is 19.4. The third-order valence-corrected chi connectivity index (χ3v) is 6.33. The minimum atomic E-state index is -1.10. The van der Waals surface area contributed by atoms with E-state index in [0.717, 1.165) is 5.56 Å². The molecule has 0 spiro atoms. The number of aliphatic hydroxyl groups excluding tert-OH is 1. The Bertz CT molecular complexity index is 1610. The van der Waals surface area contributed by atoms with Crippen molar-refractivity contribution in [3.05, 3.63) is 88.2 Å². The number of carbonyl (C=O) groups excluding carboxylic acids is 2. The number of aromatic hydroxyl groups is 1. The van der Waals surface area contributed by atoms with E-state index in [0.29, 0.717) is 16.6 Å². The molecule has 8 nitrogen and oxygen atoms in total. The van der Waals surface area contributed by atoms with Crippen LogP contribution < -0.4 is 9.64 Å². The van der Waals surface area contributed by atoms with Crippen molar-refractivity contribution in [2.75, 3.05) is 11.5 Å². The Hall–Kier alpha value is -4.66. The summed E-state index contributed by atoms with van der Waals surface area (Å²) in [4.78, 5) is 35.6. The van der Waals surface area contributed by atoms with Gasteiger partial charge in [0, 0.05) is 5.56 Å². The number of aliphatic hydroxyl groups is 1. The number of hydrogen-bond acceptors (Lipinski definition) is 6. The molecule has 4 aromatic rings. The largest absolute Gasteiger partial charge is 0.507 e. The van der Waals surface area contributed by atoms with Crippen molar-refractivity contribution in [2.45, 2.75) is 26.8 Å². The first-order valence-electron chi connectivity index (χ1n) is 11.7. The standard InChI is InChI=1S/C28H24FN3O5/c1-4-37-22-13-16(7-10-21(22)33)24-23(25(34)17-6-8-18(29)15(3)12-17)26(35)27(36)32(24)28-30-19-9-5-14(2)11-20(19)31-28/h5-13,24,33-34H,4H2,1-3H3,(H,30,31)/b25-23+. The molecule has 3 aromatic carbocycles. The third-order valence-electron chi connectivity index (χ3n) is 6.33. The molecule has 3 N–H and O–H groups in total. The number of fused-ring (bicyclic) bond motifs is 1. The number of hydrogen-bond donors (Lipinski definition) is 3. The fourth-order valence-electron chi connectivity index (χ4n) is 4.51. The number of aryl methyl sites for hydroxylation is 2. The third kappa shape index (κ3) is 4.08. The number of anilines is 1. The summed E-state index contributed by atoms with van der Waals surface area (Å²) in [6, 6.07) is 12.8. The average Bonchev–Trinajstić information content (AvgIpc) is 3.39. The van der Waals surface area contributed by atoms with Gasteiger partial charge in [0.1, 0.15) is 11.6 Å². The summed E-state index contributed by atoms with van der Waals surface area (Å²) in [7, 11) is 0. The van der Waals surface area contributed by atoms with Gasteiger partial charge in [0.05, 0.1) is 29.3 Å². The van der Waals surface area contributed by atoms with Crippen LogP contribution in [0.15, 0.2) is 60.2 Å². The molecule has 1 saturated heterocycles. The summed E-state index contributed by atoms with van der Waals surface area (Å²) in [6.07, 6.45) is 0. The van der Waals surface area contributed by atoms with Crippen LogP contribution in [0, 0.1) is 19.7 Å². The van der Waals surface area contributed by atoms with E-state index in [4.69, 9.17) is 4.74 Å². The van der Waals surface area contributed by atoms with Crippen LogP contribution in [-0.4, -0.2) is 38.5 Å². The molecule has 5 rings (SSSR count). The normalized spacial score (nSPS) is 17.1. The molecule has 1 unspecified atom stereocenters. The quantitative estimate of drug-likeness (QED) is 0.200. The minimum absolute atomic E-state index is 0.115. The summed E-state index contributed by atoms with van der Waals surface area (Å²) >= 11 is 0. The molecule has 1 aliphatic heterocycles. The topological polar surface area (TPSA) is 116 Å². The summed E-state index contributed by atoms with van der Waals surface area (Å²) in [6.45, 7) is 5.48. The predicted molar refractivity (Wildman–Crippen MR) is 136 cm³/mol. The number of Topliss-reactive ketones (excluding diaryl/α,β-unsaturated/α-hetero) is 1. The zero-order valence-electron chi connectivity index (χ0n) is 20.4. The van der Waals surface area contributed by atoms with Crippen molar-refractivity contribution in [2.24, 2.45) is 0 Å². The van der Waals surface area contributed by atoms with Crippen molar-refractivity contribution >= 4 is 34.4 Å². The number of amides is 1. The number of aromatic amines is 1. The van der Waals surface area contributed by atoms with E-state index in [2.05, 4.69) is 9.97 Å². The lowest BCUT2D eigenvalue weighted by atomic mass is 9.94. The number of nitrogens with zero attached hydrogens (tertiary/aromatic N) is 2.